The average Bonchev–Trinajstić information content (AvgIpc) is 2.60. The molecule has 1 aromatic heterocycles. The van der Waals surface area contributed by atoms with Crippen molar-refractivity contribution in [2.75, 3.05) is 0 Å². The summed E-state index contributed by atoms with van der Waals surface area (Å²) in [5.74, 6) is 0. The molecule has 1 aliphatic heterocycles. The number of aliphatic hydroxyl groups excluding tert-OH is 1. The van der Waals surface area contributed by atoms with Gasteiger partial charge in [-0.05, 0) is 47.7 Å². The van der Waals surface area contributed by atoms with Gasteiger partial charge in [0, 0.05) is 0 Å². The Morgan fingerprint density at radius 2 is 2.11 bits per heavy atom. The second-order valence-corrected chi connectivity index (χ2v) is 6.27. The zero-order chi connectivity index (χ0) is 12.9. The van der Waals surface area contributed by atoms with Gasteiger partial charge in [0.15, 0.2) is 0 Å². The first kappa shape index (κ1) is 12.7. The molecule has 2 heterocycles. The van der Waals surface area contributed by atoms with E-state index in [1.165, 1.54) is 6.42 Å². The van der Waals surface area contributed by atoms with Crippen LogP contribution in [0.25, 0.3) is 0 Å². The summed E-state index contributed by atoms with van der Waals surface area (Å²) in [7, 11) is 0. The first-order valence-electron chi connectivity index (χ1n) is 6.12. The van der Waals surface area contributed by atoms with Gasteiger partial charge in [-0.2, -0.15) is 0 Å². The van der Waals surface area contributed by atoms with Crippen molar-refractivity contribution >= 4 is 27.5 Å². The average molecular weight is 334 g/mol. The third-order valence-electron chi connectivity index (χ3n) is 3.92. The lowest BCUT2D eigenvalue weighted by atomic mass is 9.89. The molecule has 2 N–H and O–H groups in total. The van der Waals surface area contributed by atoms with E-state index in [-0.39, 0.29) is 5.56 Å². The molecule has 1 fully saturated rings. The lowest BCUT2D eigenvalue weighted by Crippen LogP contribution is -2.48. The monoisotopic (exact) mass is 332 g/mol. The van der Waals surface area contributed by atoms with E-state index in [0.29, 0.717) is 15.2 Å². The number of nitrogens with zero attached hydrogens (tertiary/aromatic N) is 1. The van der Waals surface area contributed by atoms with E-state index in [0.717, 1.165) is 25.7 Å². The summed E-state index contributed by atoms with van der Waals surface area (Å²) in [6.45, 7) is 0. The van der Waals surface area contributed by atoms with Crippen molar-refractivity contribution in [2.24, 2.45) is 0 Å². The third-order valence-corrected chi connectivity index (χ3v) is 4.79. The molecule has 2 aliphatic rings. The molecule has 0 saturated heterocycles. The highest BCUT2D eigenvalue weighted by Crippen LogP contribution is 2.41. The molecule has 1 aliphatic carbocycles. The summed E-state index contributed by atoms with van der Waals surface area (Å²) in [4.78, 5) is 12.3. The molecule has 1 unspecified atom stereocenters. The summed E-state index contributed by atoms with van der Waals surface area (Å²) in [6, 6.07) is 1.56. The van der Waals surface area contributed by atoms with Crippen LogP contribution in [-0.4, -0.2) is 9.67 Å². The van der Waals surface area contributed by atoms with E-state index < -0.39 is 11.9 Å². The van der Waals surface area contributed by atoms with Crippen LogP contribution < -0.4 is 10.9 Å². The van der Waals surface area contributed by atoms with E-state index in [9.17, 15) is 9.90 Å². The summed E-state index contributed by atoms with van der Waals surface area (Å²) < 4.78 is 2.10. The normalized spacial score (nSPS) is 25.4. The molecule has 1 atom stereocenters. The molecule has 1 saturated carbocycles. The molecular weight excluding hydrogens is 320 g/mol. The number of fused-ring (bicyclic) bond motifs is 2. The number of aromatic nitrogens is 1. The summed E-state index contributed by atoms with van der Waals surface area (Å²) in [6.07, 6.45) is 4.11. The highest BCUT2D eigenvalue weighted by atomic mass is 79.9. The topological polar surface area (TPSA) is 54.3 Å². The molecule has 4 nitrogen and oxygen atoms in total. The first-order chi connectivity index (χ1) is 8.55. The lowest BCUT2D eigenvalue weighted by molar-refractivity contribution is 0.0786. The number of pyridine rings is 1. The molecule has 1 aromatic rings. The van der Waals surface area contributed by atoms with Crippen molar-refractivity contribution in [3.63, 3.8) is 0 Å². The minimum absolute atomic E-state index is 0.125. The van der Waals surface area contributed by atoms with Crippen LogP contribution in [0.15, 0.2) is 15.3 Å². The zero-order valence-electron chi connectivity index (χ0n) is 9.75. The van der Waals surface area contributed by atoms with Gasteiger partial charge in [0.05, 0.1) is 15.2 Å². The Labute approximate surface area is 118 Å². The van der Waals surface area contributed by atoms with Gasteiger partial charge in [-0.25, -0.2) is 0 Å². The molecule has 1 spiro atoms. The van der Waals surface area contributed by atoms with Crippen LogP contribution in [0, 0.1) is 0 Å². The minimum atomic E-state index is -0.864. The fourth-order valence-corrected chi connectivity index (χ4v) is 3.97. The van der Waals surface area contributed by atoms with E-state index in [2.05, 4.69) is 21.2 Å². The van der Waals surface area contributed by atoms with Gasteiger partial charge < -0.3 is 5.11 Å². The van der Waals surface area contributed by atoms with Crippen molar-refractivity contribution < 1.29 is 5.11 Å². The highest BCUT2D eigenvalue weighted by Gasteiger charge is 2.45. The van der Waals surface area contributed by atoms with Crippen LogP contribution in [0.1, 0.15) is 44.0 Å². The van der Waals surface area contributed by atoms with Crippen molar-refractivity contribution in [1.82, 2.24) is 9.88 Å². The Morgan fingerprint density at radius 1 is 1.44 bits per heavy atom. The van der Waals surface area contributed by atoms with Crippen LogP contribution in [0.4, 0.5) is 0 Å². The van der Waals surface area contributed by atoms with Gasteiger partial charge in [0.2, 0.25) is 0 Å². The van der Waals surface area contributed by atoms with Gasteiger partial charge in [-0.15, -0.1) is 0 Å². The molecule has 18 heavy (non-hydrogen) atoms. The quantitative estimate of drug-likeness (QED) is 0.767. The predicted molar refractivity (Wildman–Crippen MR) is 72.6 cm³/mol. The van der Waals surface area contributed by atoms with Crippen LogP contribution in [0.5, 0.6) is 0 Å². The van der Waals surface area contributed by atoms with Crippen LogP contribution in [-0.2, 0) is 5.66 Å². The Hall–Kier alpha value is -0.360. The Kier molecular flexibility index (Phi) is 3.05. The standard InChI is InChI=1S/C12H14BrClN2O2/c13-7-6-8(14)9-10(17)15-12(16(9)11(7)18)4-2-1-3-5-12/h6,10,15,17H,1-5H2. The summed E-state index contributed by atoms with van der Waals surface area (Å²) >= 11 is 9.40. The number of hydrogen-bond acceptors (Lipinski definition) is 3. The van der Waals surface area contributed by atoms with Crippen molar-refractivity contribution in [3.8, 4) is 0 Å². The number of rotatable bonds is 0. The summed E-state index contributed by atoms with van der Waals surface area (Å²) in [5.41, 5.74) is -0.0931. The second-order valence-electron chi connectivity index (χ2n) is 5.01. The Bertz CT molecular complexity index is 552. The largest absolute Gasteiger partial charge is 0.373 e. The minimum Gasteiger partial charge on any atom is -0.373 e. The lowest BCUT2D eigenvalue weighted by Gasteiger charge is -2.35. The van der Waals surface area contributed by atoms with E-state index in [1.807, 2.05) is 0 Å². The summed E-state index contributed by atoms with van der Waals surface area (Å²) in [5, 5.41) is 13.7. The Morgan fingerprint density at radius 3 is 2.78 bits per heavy atom. The van der Waals surface area contributed by atoms with Gasteiger partial charge in [0.1, 0.15) is 11.9 Å². The molecule has 3 rings (SSSR count). The number of halogens is 2. The molecule has 0 radical (unpaired) electrons. The number of aliphatic hydroxyl groups is 1. The fourth-order valence-electron chi connectivity index (χ4n) is 3.14. The van der Waals surface area contributed by atoms with Crippen molar-refractivity contribution in [3.05, 3.63) is 31.6 Å². The van der Waals surface area contributed by atoms with Gasteiger partial charge >= 0.3 is 0 Å². The maximum Gasteiger partial charge on any atom is 0.266 e. The maximum absolute atomic E-state index is 12.3. The van der Waals surface area contributed by atoms with E-state index in [4.69, 9.17) is 11.6 Å². The predicted octanol–water partition coefficient (Wildman–Crippen LogP) is 2.48. The highest BCUT2D eigenvalue weighted by molar-refractivity contribution is 9.10. The van der Waals surface area contributed by atoms with Gasteiger partial charge in [0.25, 0.3) is 5.56 Å². The van der Waals surface area contributed by atoms with Crippen molar-refractivity contribution in [2.45, 2.75) is 44.0 Å². The fraction of sp³-hybridized carbons (Fsp3) is 0.583. The maximum atomic E-state index is 12.3. The van der Waals surface area contributed by atoms with Crippen LogP contribution >= 0.6 is 27.5 Å². The molecule has 0 aromatic carbocycles. The molecule has 6 heteroatoms. The molecule has 98 valence electrons. The molecule has 0 bridgehead atoms. The van der Waals surface area contributed by atoms with Gasteiger partial charge in [-0.3, -0.25) is 14.7 Å². The second kappa shape index (κ2) is 4.34. The van der Waals surface area contributed by atoms with Gasteiger partial charge in [-0.1, -0.05) is 18.0 Å². The number of nitrogens with one attached hydrogen (secondary N) is 1. The zero-order valence-corrected chi connectivity index (χ0v) is 12.1. The van der Waals surface area contributed by atoms with E-state index >= 15 is 0 Å². The Balaban J connectivity index is 2.26. The first-order valence-corrected chi connectivity index (χ1v) is 7.29. The smallest absolute Gasteiger partial charge is 0.266 e. The third kappa shape index (κ3) is 1.68. The number of hydrogen-bond donors (Lipinski definition) is 2. The van der Waals surface area contributed by atoms with Crippen molar-refractivity contribution in [1.29, 1.82) is 0 Å². The van der Waals surface area contributed by atoms with Crippen LogP contribution in [0.3, 0.4) is 0 Å². The van der Waals surface area contributed by atoms with E-state index in [1.54, 1.807) is 10.6 Å². The molecular formula is C12H14BrClN2O2. The van der Waals surface area contributed by atoms with Crippen LogP contribution in [0.2, 0.25) is 5.02 Å². The molecule has 0 amide bonds. The SMILES string of the molecule is O=c1c(Br)cc(Cl)c2n1C1(CCCCC1)NC2O.